The van der Waals surface area contributed by atoms with Crippen LogP contribution in [0.4, 0.5) is 5.69 Å². The summed E-state index contributed by atoms with van der Waals surface area (Å²) in [6, 6.07) is 6.96. The van der Waals surface area contributed by atoms with Crippen molar-refractivity contribution in [1.29, 1.82) is 0 Å². The molecule has 0 unspecified atom stereocenters. The Bertz CT molecular complexity index is 587. The topological polar surface area (TPSA) is 93.6 Å². The molecule has 0 fully saturated rings. The van der Waals surface area contributed by atoms with Gasteiger partial charge in [0, 0.05) is 6.07 Å². The van der Waals surface area contributed by atoms with Gasteiger partial charge in [0.15, 0.2) is 12.0 Å². The van der Waals surface area contributed by atoms with Crippen molar-refractivity contribution < 1.29 is 19.2 Å². The number of nitrogens with zero attached hydrogens (tertiary/aromatic N) is 1. The van der Waals surface area contributed by atoms with Crippen molar-refractivity contribution in [3.63, 3.8) is 0 Å². The van der Waals surface area contributed by atoms with Crippen molar-refractivity contribution in [2.75, 3.05) is 0 Å². The van der Waals surface area contributed by atoms with E-state index in [1.54, 1.807) is 0 Å². The first-order valence-corrected chi connectivity index (χ1v) is 4.65. The van der Waals surface area contributed by atoms with Crippen molar-refractivity contribution in [3.8, 4) is 17.1 Å². The highest BCUT2D eigenvalue weighted by Gasteiger charge is 2.19. The second-order valence-electron chi connectivity index (χ2n) is 3.25. The Labute approximate surface area is 95.3 Å². The second kappa shape index (κ2) is 4.09. The average Bonchev–Trinajstić information content (AvgIpc) is 2.77. The Morgan fingerprint density at radius 1 is 1.29 bits per heavy atom. The zero-order valence-corrected chi connectivity index (χ0v) is 8.49. The lowest BCUT2D eigenvalue weighted by molar-refractivity contribution is -0.385. The number of carbonyl (C=O) groups is 1. The third kappa shape index (κ3) is 1.87. The number of phenolic OH excluding ortho intramolecular Hbond substituents is 1. The van der Waals surface area contributed by atoms with Gasteiger partial charge in [-0.25, -0.2) is 0 Å². The number of furan rings is 1. The number of carbonyl (C=O) groups excluding carboxylic acids is 1. The van der Waals surface area contributed by atoms with Crippen molar-refractivity contribution in [2.24, 2.45) is 0 Å². The molecule has 0 bridgehead atoms. The molecule has 2 rings (SSSR count). The minimum absolute atomic E-state index is 0.0888. The highest BCUT2D eigenvalue weighted by atomic mass is 16.6. The second-order valence-corrected chi connectivity index (χ2v) is 3.25. The molecule has 86 valence electrons. The van der Waals surface area contributed by atoms with E-state index in [9.17, 15) is 20.0 Å². The van der Waals surface area contributed by atoms with Gasteiger partial charge in [-0.05, 0) is 18.2 Å². The first-order chi connectivity index (χ1) is 8.13. The maximum absolute atomic E-state index is 10.6. The number of aldehydes is 1. The highest BCUT2D eigenvalue weighted by molar-refractivity contribution is 5.76. The fraction of sp³-hybridized carbons (Fsp3) is 0. The monoisotopic (exact) mass is 233 g/mol. The van der Waals surface area contributed by atoms with Gasteiger partial charge in [-0.1, -0.05) is 6.07 Å². The van der Waals surface area contributed by atoms with E-state index in [2.05, 4.69) is 0 Å². The number of para-hydroxylation sites is 1. The van der Waals surface area contributed by atoms with Crippen molar-refractivity contribution in [1.82, 2.24) is 0 Å². The van der Waals surface area contributed by atoms with E-state index >= 15 is 0 Å². The smallest absolute Gasteiger partial charge is 0.311 e. The third-order valence-corrected chi connectivity index (χ3v) is 2.22. The standard InChI is InChI=1S/C11H7NO5/c13-6-7-4-5-10(17-7)8-2-1-3-9(11(8)14)12(15)16/h1-6,14H. The molecule has 0 saturated heterocycles. The summed E-state index contributed by atoms with van der Waals surface area (Å²) in [7, 11) is 0. The van der Waals surface area contributed by atoms with Crippen LogP contribution in [0.5, 0.6) is 5.75 Å². The van der Waals surface area contributed by atoms with Crippen LogP contribution in [0.2, 0.25) is 0 Å². The summed E-state index contributed by atoms with van der Waals surface area (Å²) in [6.07, 6.45) is 0.512. The van der Waals surface area contributed by atoms with Crippen LogP contribution in [-0.4, -0.2) is 16.3 Å². The van der Waals surface area contributed by atoms with E-state index in [-0.39, 0.29) is 17.1 Å². The lowest BCUT2D eigenvalue weighted by Crippen LogP contribution is -1.89. The van der Waals surface area contributed by atoms with Crippen LogP contribution in [0.25, 0.3) is 11.3 Å². The molecule has 1 aromatic carbocycles. The van der Waals surface area contributed by atoms with Crippen LogP contribution >= 0.6 is 0 Å². The molecule has 2 aromatic rings. The van der Waals surface area contributed by atoms with Crippen molar-refractivity contribution in [3.05, 3.63) is 46.2 Å². The van der Waals surface area contributed by atoms with Gasteiger partial charge in [-0.3, -0.25) is 14.9 Å². The lowest BCUT2D eigenvalue weighted by atomic mass is 10.1. The SMILES string of the molecule is O=Cc1ccc(-c2cccc([N+](=O)[O-])c2O)o1. The number of phenols is 1. The number of aromatic hydroxyl groups is 1. The molecule has 0 radical (unpaired) electrons. The highest BCUT2D eigenvalue weighted by Crippen LogP contribution is 2.36. The number of benzene rings is 1. The molecule has 0 aliphatic rings. The molecule has 0 atom stereocenters. The molecule has 1 heterocycles. The molecule has 0 spiro atoms. The van der Waals surface area contributed by atoms with E-state index in [0.717, 1.165) is 0 Å². The van der Waals surface area contributed by atoms with Crippen LogP contribution in [0.1, 0.15) is 10.6 Å². The Kier molecular flexibility index (Phi) is 2.61. The molecule has 0 amide bonds. The molecular formula is C11H7NO5. The third-order valence-electron chi connectivity index (χ3n) is 2.22. The molecule has 6 heteroatoms. The minimum atomic E-state index is -0.692. The Morgan fingerprint density at radius 2 is 2.06 bits per heavy atom. The Morgan fingerprint density at radius 3 is 2.65 bits per heavy atom. The number of hydrogen-bond acceptors (Lipinski definition) is 5. The van der Waals surface area contributed by atoms with Gasteiger partial charge >= 0.3 is 5.69 Å². The van der Waals surface area contributed by atoms with Crippen molar-refractivity contribution in [2.45, 2.75) is 0 Å². The number of nitro benzene ring substituents is 1. The van der Waals surface area contributed by atoms with Gasteiger partial charge in [-0.15, -0.1) is 0 Å². The molecule has 1 aromatic heterocycles. The number of hydrogen-bond donors (Lipinski definition) is 1. The van der Waals surface area contributed by atoms with Gasteiger partial charge in [0.2, 0.25) is 5.75 Å². The molecule has 0 aliphatic heterocycles. The first-order valence-electron chi connectivity index (χ1n) is 4.65. The van der Waals surface area contributed by atoms with Crippen molar-refractivity contribution >= 4 is 12.0 Å². The minimum Gasteiger partial charge on any atom is -0.502 e. The molecule has 17 heavy (non-hydrogen) atoms. The lowest BCUT2D eigenvalue weighted by Gasteiger charge is -2.01. The Balaban J connectivity index is 2.55. The largest absolute Gasteiger partial charge is 0.502 e. The summed E-state index contributed by atoms with van der Waals surface area (Å²) < 4.78 is 5.08. The normalized spacial score (nSPS) is 10.1. The maximum Gasteiger partial charge on any atom is 0.311 e. The molecule has 1 N–H and O–H groups in total. The van der Waals surface area contributed by atoms with Crippen LogP contribution < -0.4 is 0 Å². The van der Waals surface area contributed by atoms with Crippen LogP contribution in [-0.2, 0) is 0 Å². The molecular weight excluding hydrogens is 226 g/mol. The van der Waals surface area contributed by atoms with Crippen LogP contribution in [0.15, 0.2) is 34.7 Å². The summed E-state index contributed by atoms with van der Waals surface area (Å²) in [4.78, 5) is 20.4. The van der Waals surface area contributed by atoms with E-state index in [0.29, 0.717) is 6.29 Å². The van der Waals surface area contributed by atoms with Crippen LogP contribution in [0, 0.1) is 10.1 Å². The number of rotatable bonds is 3. The summed E-state index contributed by atoms with van der Waals surface area (Å²) in [6.45, 7) is 0. The van der Waals surface area contributed by atoms with E-state index < -0.39 is 16.4 Å². The summed E-state index contributed by atoms with van der Waals surface area (Å²) >= 11 is 0. The van der Waals surface area contributed by atoms with Crippen LogP contribution in [0.3, 0.4) is 0 Å². The molecule has 6 nitrogen and oxygen atoms in total. The fourth-order valence-corrected chi connectivity index (χ4v) is 1.44. The van der Waals surface area contributed by atoms with E-state index in [1.807, 2.05) is 0 Å². The summed E-state index contributed by atoms with van der Waals surface area (Å²) in [5.41, 5.74) is -0.237. The zero-order valence-electron chi connectivity index (χ0n) is 8.49. The zero-order chi connectivity index (χ0) is 12.4. The Hall–Kier alpha value is -2.63. The first kappa shape index (κ1) is 10.9. The fourth-order valence-electron chi connectivity index (χ4n) is 1.44. The average molecular weight is 233 g/mol. The number of nitro groups is 1. The molecule has 0 aliphatic carbocycles. The summed E-state index contributed by atoms with van der Waals surface area (Å²) in [5.74, 6) is -0.191. The predicted molar refractivity (Wildman–Crippen MR) is 57.9 cm³/mol. The van der Waals surface area contributed by atoms with Gasteiger partial charge in [0.1, 0.15) is 5.76 Å². The predicted octanol–water partition coefficient (Wildman–Crippen LogP) is 2.37. The van der Waals surface area contributed by atoms with E-state index in [4.69, 9.17) is 4.42 Å². The van der Waals surface area contributed by atoms with E-state index in [1.165, 1.54) is 30.3 Å². The molecule has 0 saturated carbocycles. The van der Waals surface area contributed by atoms with Gasteiger partial charge in [0.25, 0.3) is 0 Å². The quantitative estimate of drug-likeness (QED) is 0.499. The maximum atomic E-state index is 10.6. The van der Waals surface area contributed by atoms with Gasteiger partial charge < -0.3 is 9.52 Å². The summed E-state index contributed by atoms with van der Waals surface area (Å²) in [5, 5.41) is 20.3. The van der Waals surface area contributed by atoms with Gasteiger partial charge in [-0.2, -0.15) is 0 Å². The van der Waals surface area contributed by atoms with Gasteiger partial charge in [0.05, 0.1) is 10.5 Å².